The first-order chi connectivity index (χ1) is 14.8. The van der Waals surface area contributed by atoms with E-state index < -0.39 is 5.92 Å². The minimum atomic E-state index is -0.468. The summed E-state index contributed by atoms with van der Waals surface area (Å²) in [4.78, 5) is 40.9. The highest BCUT2D eigenvalue weighted by molar-refractivity contribution is 8.13. The van der Waals surface area contributed by atoms with Gasteiger partial charge in [-0.15, -0.1) is 0 Å². The maximum absolute atomic E-state index is 12.7. The van der Waals surface area contributed by atoms with Gasteiger partial charge in [-0.3, -0.25) is 14.4 Å². The Labute approximate surface area is 185 Å². The number of hydrogen-bond acceptors (Lipinski definition) is 6. The second-order valence-electron chi connectivity index (χ2n) is 7.22. The minimum absolute atomic E-state index is 0.0727. The molecule has 1 unspecified atom stereocenters. The fourth-order valence-corrected chi connectivity index (χ4v) is 3.82. The van der Waals surface area contributed by atoms with E-state index in [4.69, 9.17) is 9.47 Å². The van der Waals surface area contributed by atoms with Crippen LogP contribution in [0.15, 0.2) is 47.4 Å². The lowest BCUT2D eigenvalue weighted by Crippen LogP contribution is -2.28. The van der Waals surface area contributed by atoms with Crippen molar-refractivity contribution in [2.75, 3.05) is 45.1 Å². The summed E-state index contributed by atoms with van der Waals surface area (Å²) in [6.07, 6.45) is 0.130. The van der Waals surface area contributed by atoms with Crippen molar-refractivity contribution in [2.24, 2.45) is 5.92 Å². The molecule has 8 nitrogen and oxygen atoms in total. The molecule has 164 valence electrons. The van der Waals surface area contributed by atoms with Gasteiger partial charge in [0.1, 0.15) is 0 Å². The fourth-order valence-electron chi connectivity index (χ4n) is 3.17. The number of thioether (sulfide) groups is 1. The highest BCUT2D eigenvalue weighted by atomic mass is 32.2. The summed E-state index contributed by atoms with van der Waals surface area (Å²) < 4.78 is 10.5. The van der Waals surface area contributed by atoms with Crippen LogP contribution in [0.2, 0.25) is 0 Å². The number of rotatable bonds is 6. The first kappa shape index (κ1) is 22.5. The van der Waals surface area contributed by atoms with Crippen LogP contribution < -0.4 is 19.7 Å². The Morgan fingerprint density at radius 1 is 1.06 bits per heavy atom. The largest absolute Gasteiger partial charge is 0.493 e. The lowest BCUT2D eigenvalue weighted by atomic mass is 10.1. The van der Waals surface area contributed by atoms with E-state index in [0.29, 0.717) is 22.9 Å². The summed E-state index contributed by atoms with van der Waals surface area (Å²) in [5.74, 6) is 0.278. The molecule has 0 radical (unpaired) electrons. The molecule has 0 bridgehead atoms. The molecule has 9 heteroatoms. The van der Waals surface area contributed by atoms with Crippen LogP contribution >= 0.6 is 11.8 Å². The number of carbonyl (C=O) groups is 3. The molecular formula is C22H25N3O5S. The summed E-state index contributed by atoms with van der Waals surface area (Å²) in [5, 5.41) is 2.78. The number of ether oxygens (including phenoxy) is 2. The molecule has 0 aliphatic carbocycles. The number of methoxy groups -OCH3 is 2. The zero-order valence-electron chi connectivity index (χ0n) is 17.9. The molecule has 1 heterocycles. The SMILES string of the molecule is COc1ccc(N2CC(C(=O)Nc3ccc(SC(=O)N(C)C)cc3)CC2=O)cc1OC. The van der Waals surface area contributed by atoms with E-state index >= 15 is 0 Å². The topological polar surface area (TPSA) is 88.2 Å². The Balaban J connectivity index is 1.63. The smallest absolute Gasteiger partial charge is 0.285 e. The van der Waals surface area contributed by atoms with Gasteiger partial charge < -0.3 is 24.6 Å². The molecule has 0 spiro atoms. The van der Waals surface area contributed by atoms with Crippen molar-refractivity contribution in [3.05, 3.63) is 42.5 Å². The first-order valence-corrected chi connectivity index (χ1v) is 10.5. The lowest BCUT2D eigenvalue weighted by Gasteiger charge is -2.18. The van der Waals surface area contributed by atoms with E-state index in [2.05, 4.69) is 5.32 Å². The second kappa shape index (κ2) is 9.74. The fraction of sp³-hybridized carbons (Fsp3) is 0.318. The maximum Gasteiger partial charge on any atom is 0.285 e. The highest BCUT2D eigenvalue weighted by Gasteiger charge is 2.35. The van der Waals surface area contributed by atoms with E-state index in [-0.39, 0.29) is 30.0 Å². The Kier molecular flexibility index (Phi) is 7.06. The molecule has 3 amide bonds. The van der Waals surface area contributed by atoms with Crippen molar-refractivity contribution in [1.82, 2.24) is 4.90 Å². The van der Waals surface area contributed by atoms with E-state index in [1.807, 2.05) is 0 Å². The normalized spacial score (nSPS) is 15.5. The minimum Gasteiger partial charge on any atom is -0.493 e. The predicted molar refractivity (Wildman–Crippen MR) is 120 cm³/mol. The lowest BCUT2D eigenvalue weighted by molar-refractivity contribution is -0.122. The Morgan fingerprint density at radius 3 is 2.35 bits per heavy atom. The van der Waals surface area contributed by atoms with Crippen molar-refractivity contribution in [1.29, 1.82) is 0 Å². The number of benzene rings is 2. The van der Waals surface area contributed by atoms with Crippen LogP contribution in [0.3, 0.4) is 0 Å². The van der Waals surface area contributed by atoms with Gasteiger partial charge in [-0.05, 0) is 48.2 Å². The average Bonchev–Trinajstić information content (AvgIpc) is 3.16. The van der Waals surface area contributed by atoms with Crippen LogP contribution in [0.4, 0.5) is 16.2 Å². The molecule has 1 saturated heterocycles. The molecule has 2 aromatic carbocycles. The third-order valence-corrected chi connectivity index (χ3v) is 5.91. The van der Waals surface area contributed by atoms with Crippen LogP contribution in [0, 0.1) is 5.92 Å². The molecule has 1 N–H and O–H groups in total. The highest BCUT2D eigenvalue weighted by Crippen LogP contribution is 2.34. The third kappa shape index (κ3) is 5.29. The first-order valence-electron chi connectivity index (χ1n) is 9.64. The molecular weight excluding hydrogens is 418 g/mol. The number of anilines is 2. The van der Waals surface area contributed by atoms with Crippen LogP contribution in [-0.2, 0) is 9.59 Å². The number of nitrogens with zero attached hydrogens (tertiary/aromatic N) is 2. The molecule has 31 heavy (non-hydrogen) atoms. The zero-order valence-corrected chi connectivity index (χ0v) is 18.7. The van der Waals surface area contributed by atoms with Crippen LogP contribution in [-0.4, -0.2) is 56.8 Å². The van der Waals surface area contributed by atoms with Gasteiger partial charge in [0.25, 0.3) is 5.24 Å². The van der Waals surface area contributed by atoms with Gasteiger partial charge in [0.2, 0.25) is 11.8 Å². The second-order valence-corrected chi connectivity index (χ2v) is 8.25. The molecule has 1 aliphatic heterocycles. The Morgan fingerprint density at radius 2 is 1.74 bits per heavy atom. The number of nitrogens with one attached hydrogen (secondary N) is 1. The van der Waals surface area contributed by atoms with Crippen molar-refractivity contribution in [3.63, 3.8) is 0 Å². The average molecular weight is 444 g/mol. The quantitative estimate of drug-likeness (QED) is 0.688. The van der Waals surface area contributed by atoms with Gasteiger partial charge in [0.05, 0.1) is 20.1 Å². The number of amides is 3. The van der Waals surface area contributed by atoms with E-state index in [0.717, 1.165) is 16.7 Å². The summed E-state index contributed by atoms with van der Waals surface area (Å²) in [6.45, 7) is 0.283. The summed E-state index contributed by atoms with van der Waals surface area (Å²) in [5.41, 5.74) is 1.27. The van der Waals surface area contributed by atoms with Gasteiger partial charge in [-0.2, -0.15) is 0 Å². The van der Waals surface area contributed by atoms with Gasteiger partial charge in [-0.1, -0.05) is 0 Å². The van der Waals surface area contributed by atoms with Crippen LogP contribution in [0.1, 0.15) is 6.42 Å². The molecule has 0 aromatic heterocycles. The van der Waals surface area contributed by atoms with Crippen molar-refractivity contribution < 1.29 is 23.9 Å². The molecule has 0 saturated carbocycles. The predicted octanol–water partition coefficient (Wildman–Crippen LogP) is 3.47. The van der Waals surface area contributed by atoms with Gasteiger partial charge >= 0.3 is 0 Å². The Bertz CT molecular complexity index is 978. The number of hydrogen-bond donors (Lipinski definition) is 1. The maximum atomic E-state index is 12.7. The number of carbonyl (C=O) groups excluding carboxylic acids is 3. The standard InChI is InChI=1S/C22H25N3O5S/c1-24(2)22(28)31-17-8-5-15(6-9-17)23-21(27)14-11-20(26)25(13-14)16-7-10-18(29-3)19(12-16)30-4/h5-10,12,14H,11,13H2,1-4H3,(H,23,27). The van der Waals surface area contributed by atoms with Gasteiger partial charge in [-0.25, -0.2) is 0 Å². The molecule has 2 aromatic rings. The molecule has 1 aliphatic rings. The van der Waals surface area contributed by atoms with Crippen molar-refractivity contribution in [2.45, 2.75) is 11.3 Å². The van der Waals surface area contributed by atoms with Crippen LogP contribution in [0.5, 0.6) is 11.5 Å². The van der Waals surface area contributed by atoms with E-state index in [1.165, 1.54) is 12.0 Å². The zero-order chi connectivity index (χ0) is 22.5. The van der Waals surface area contributed by atoms with E-state index in [9.17, 15) is 14.4 Å². The monoisotopic (exact) mass is 443 g/mol. The van der Waals surface area contributed by atoms with Gasteiger partial charge in [0.15, 0.2) is 11.5 Å². The summed E-state index contributed by atoms with van der Waals surface area (Å²) >= 11 is 1.11. The van der Waals surface area contributed by atoms with Gasteiger partial charge in [0, 0.05) is 49.4 Å². The van der Waals surface area contributed by atoms with Crippen LogP contribution in [0.25, 0.3) is 0 Å². The summed E-state index contributed by atoms with van der Waals surface area (Å²) in [7, 11) is 6.46. The summed E-state index contributed by atoms with van der Waals surface area (Å²) in [6, 6.07) is 12.3. The Hall–Kier alpha value is -3.20. The third-order valence-electron chi connectivity index (χ3n) is 4.87. The van der Waals surface area contributed by atoms with E-state index in [1.54, 1.807) is 68.6 Å². The van der Waals surface area contributed by atoms with Crippen molar-refractivity contribution in [3.8, 4) is 11.5 Å². The molecule has 3 rings (SSSR count). The molecule has 1 fully saturated rings. The van der Waals surface area contributed by atoms with Crippen molar-refractivity contribution >= 4 is 40.2 Å². The molecule has 1 atom stereocenters.